The minimum atomic E-state index is -0.949. The minimum absolute atomic E-state index is 0.157. The summed E-state index contributed by atoms with van der Waals surface area (Å²) in [6, 6.07) is 7.29. The van der Waals surface area contributed by atoms with Gasteiger partial charge in [0.1, 0.15) is 0 Å². The summed E-state index contributed by atoms with van der Waals surface area (Å²) in [5.74, 6) is -1.11. The minimum Gasteiger partial charge on any atom is -0.481 e. The highest BCUT2D eigenvalue weighted by molar-refractivity contribution is 6.10. The Bertz CT molecular complexity index is 641. The van der Waals surface area contributed by atoms with Crippen LogP contribution in [0.5, 0.6) is 0 Å². The van der Waals surface area contributed by atoms with Crippen molar-refractivity contribution in [3.8, 4) is 0 Å². The molecule has 4 nitrogen and oxygen atoms in total. The van der Waals surface area contributed by atoms with E-state index in [2.05, 4.69) is 4.98 Å². The van der Waals surface area contributed by atoms with Gasteiger partial charge in [0, 0.05) is 11.8 Å². The van der Waals surface area contributed by atoms with E-state index in [1.807, 2.05) is 32.0 Å². The molecule has 2 rings (SSSR count). The predicted molar refractivity (Wildman–Crippen MR) is 71.5 cm³/mol. The summed E-state index contributed by atoms with van der Waals surface area (Å²) in [6.45, 7) is 3.79. The number of carbonyl (C=O) groups is 2. The second kappa shape index (κ2) is 5.10. The molecule has 2 aromatic rings. The molecule has 0 radical (unpaired) electrons. The number of H-pyrrole nitrogens is 1. The zero-order valence-corrected chi connectivity index (χ0v) is 10.9. The largest absolute Gasteiger partial charge is 0.481 e. The van der Waals surface area contributed by atoms with Crippen molar-refractivity contribution >= 4 is 11.8 Å². The molecule has 0 atom stereocenters. The average molecular weight is 257 g/mol. The van der Waals surface area contributed by atoms with Crippen LogP contribution in [0.2, 0.25) is 0 Å². The van der Waals surface area contributed by atoms with E-state index in [4.69, 9.17) is 5.11 Å². The van der Waals surface area contributed by atoms with Crippen LogP contribution in [0, 0.1) is 13.8 Å². The molecule has 19 heavy (non-hydrogen) atoms. The second-order valence-electron chi connectivity index (χ2n) is 4.60. The molecule has 1 heterocycles. The monoisotopic (exact) mass is 257 g/mol. The number of hydrogen-bond acceptors (Lipinski definition) is 2. The topological polar surface area (TPSA) is 70.2 Å². The zero-order chi connectivity index (χ0) is 14.0. The van der Waals surface area contributed by atoms with Crippen LogP contribution in [-0.2, 0) is 11.2 Å². The Morgan fingerprint density at radius 1 is 1.21 bits per heavy atom. The van der Waals surface area contributed by atoms with E-state index in [1.165, 1.54) is 0 Å². The van der Waals surface area contributed by atoms with Crippen molar-refractivity contribution in [1.29, 1.82) is 0 Å². The molecule has 0 fully saturated rings. The quantitative estimate of drug-likeness (QED) is 0.827. The Morgan fingerprint density at radius 3 is 2.63 bits per heavy atom. The van der Waals surface area contributed by atoms with Gasteiger partial charge in [-0.3, -0.25) is 9.59 Å². The van der Waals surface area contributed by atoms with Gasteiger partial charge >= 0.3 is 5.97 Å². The maximum atomic E-state index is 12.5. The van der Waals surface area contributed by atoms with Gasteiger partial charge in [-0.2, -0.15) is 0 Å². The van der Waals surface area contributed by atoms with Crippen LogP contribution < -0.4 is 0 Å². The van der Waals surface area contributed by atoms with Crippen molar-refractivity contribution in [2.75, 3.05) is 0 Å². The Hall–Kier alpha value is -2.36. The molecular weight excluding hydrogens is 242 g/mol. The van der Waals surface area contributed by atoms with E-state index in [9.17, 15) is 9.59 Å². The first-order chi connectivity index (χ1) is 8.99. The summed E-state index contributed by atoms with van der Waals surface area (Å²) in [5, 5.41) is 8.84. The molecule has 0 saturated carbocycles. The first kappa shape index (κ1) is 13.1. The van der Waals surface area contributed by atoms with Gasteiger partial charge in [-0.15, -0.1) is 0 Å². The molecule has 0 aliphatic heterocycles. The van der Waals surface area contributed by atoms with Gasteiger partial charge in [-0.1, -0.05) is 17.7 Å². The third-order valence-electron chi connectivity index (χ3n) is 3.04. The molecule has 0 saturated heterocycles. The van der Waals surface area contributed by atoms with Crippen molar-refractivity contribution < 1.29 is 14.7 Å². The number of aryl methyl sites for hydroxylation is 2. The first-order valence-electron chi connectivity index (χ1n) is 5.99. The second-order valence-corrected chi connectivity index (χ2v) is 4.60. The molecule has 2 N–H and O–H groups in total. The molecule has 0 aliphatic rings. The number of nitrogens with one attached hydrogen (secondary N) is 1. The van der Waals surface area contributed by atoms with Crippen molar-refractivity contribution in [2.24, 2.45) is 0 Å². The molecular formula is C15H15NO3. The van der Waals surface area contributed by atoms with E-state index in [0.717, 1.165) is 11.1 Å². The summed E-state index contributed by atoms with van der Waals surface area (Å²) >= 11 is 0. The SMILES string of the molecule is Cc1ccc(C)c(C(=O)c2[nH]ccc2CC(=O)O)c1. The Balaban J connectivity index is 2.42. The molecule has 1 aromatic heterocycles. The number of ketones is 1. The zero-order valence-electron chi connectivity index (χ0n) is 10.9. The third-order valence-corrected chi connectivity index (χ3v) is 3.04. The number of aromatic nitrogens is 1. The third kappa shape index (κ3) is 2.73. The van der Waals surface area contributed by atoms with Gasteiger partial charge in [0.05, 0.1) is 12.1 Å². The molecule has 4 heteroatoms. The lowest BCUT2D eigenvalue weighted by Crippen LogP contribution is -2.10. The number of rotatable bonds is 4. The lowest BCUT2D eigenvalue weighted by atomic mass is 9.98. The van der Waals surface area contributed by atoms with E-state index < -0.39 is 5.97 Å². The summed E-state index contributed by atoms with van der Waals surface area (Å²) in [5.41, 5.74) is 3.36. The van der Waals surface area contributed by atoms with Gasteiger partial charge in [0.15, 0.2) is 0 Å². The summed E-state index contributed by atoms with van der Waals surface area (Å²) in [7, 11) is 0. The van der Waals surface area contributed by atoms with Gasteiger partial charge in [-0.05, 0) is 37.1 Å². The van der Waals surface area contributed by atoms with E-state index in [1.54, 1.807) is 12.3 Å². The molecule has 0 aliphatic carbocycles. The van der Waals surface area contributed by atoms with Crippen LogP contribution in [0.1, 0.15) is 32.7 Å². The number of carboxylic acids is 1. The molecule has 98 valence electrons. The Kier molecular flexibility index (Phi) is 3.51. The lowest BCUT2D eigenvalue weighted by molar-refractivity contribution is -0.136. The van der Waals surface area contributed by atoms with Crippen LogP contribution in [0.25, 0.3) is 0 Å². The van der Waals surface area contributed by atoms with E-state index in [0.29, 0.717) is 16.8 Å². The molecule has 1 aromatic carbocycles. The van der Waals surface area contributed by atoms with Crippen molar-refractivity contribution in [2.45, 2.75) is 20.3 Å². The van der Waals surface area contributed by atoms with Crippen LogP contribution >= 0.6 is 0 Å². The average Bonchev–Trinajstić information content (AvgIpc) is 2.78. The van der Waals surface area contributed by atoms with Gasteiger partial charge in [-0.25, -0.2) is 0 Å². The fraction of sp³-hybridized carbons (Fsp3) is 0.200. The van der Waals surface area contributed by atoms with Crippen molar-refractivity contribution in [3.63, 3.8) is 0 Å². The highest BCUT2D eigenvalue weighted by Crippen LogP contribution is 2.18. The van der Waals surface area contributed by atoms with Crippen molar-refractivity contribution in [1.82, 2.24) is 4.98 Å². The maximum Gasteiger partial charge on any atom is 0.307 e. The smallest absolute Gasteiger partial charge is 0.307 e. The Labute approximate surface area is 111 Å². The number of carbonyl (C=O) groups excluding carboxylic acids is 1. The van der Waals surface area contributed by atoms with Crippen molar-refractivity contribution in [3.05, 3.63) is 58.4 Å². The number of aliphatic carboxylic acids is 1. The number of hydrogen-bond donors (Lipinski definition) is 2. The number of benzene rings is 1. The van der Waals surface area contributed by atoms with E-state index >= 15 is 0 Å². The van der Waals surface area contributed by atoms with E-state index in [-0.39, 0.29) is 12.2 Å². The lowest BCUT2D eigenvalue weighted by Gasteiger charge is -2.06. The number of carboxylic acid groups (broad SMARTS) is 1. The summed E-state index contributed by atoms with van der Waals surface area (Å²) < 4.78 is 0. The molecule has 0 spiro atoms. The first-order valence-corrected chi connectivity index (χ1v) is 5.99. The standard InChI is InChI=1S/C15H15NO3/c1-9-3-4-10(2)12(7-9)15(19)14-11(5-6-16-14)8-13(17)18/h3-7,16H,8H2,1-2H3,(H,17,18). The van der Waals surface area contributed by atoms with Gasteiger partial charge in [0.25, 0.3) is 0 Å². The molecule has 0 amide bonds. The highest BCUT2D eigenvalue weighted by atomic mass is 16.4. The highest BCUT2D eigenvalue weighted by Gasteiger charge is 2.18. The molecule has 0 unspecified atom stereocenters. The van der Waals surface area contributed by atoms with Crippen LogP contribution in [-0.4, -0.2) is 21.8 Å². The number of aromatic amines is 1. The maximum absolute atomic E-state index is 12.5. The fourth-order valence-electron chi connectivity index (χ4n) is 2.04. The molecule has 0 bridgehead atoms. The summed E-state index contributed by atoms with van der Waals surface area (Å²) in [4.78, 5) is 26.1. The fourth-order valence-corrected chi connectivity index (χ4v) is 2.04. The van der Waals surface area contributed by atoms with Crippen LogP contribution in [0.3, 0.4) is 0 Å². The van der Waals surface area contributed by atoms with Gasteiger partial charge < -0.3 is 10.1 Å². The Morgan fingerprint density at radius 2 is 1.95 bits per heavy atom. The predicted octanol–water partition coefficient (Wildman–Crippen LogP) is 2.49. The van der Waals surface area contributed by atoms with Crippen LogP contribution in [0.15, 0.2) is 30.5 Å². The summed E-state index contributed by atoms with van der Waals surface area (Å²) in [6.07, 6.45) is 1.44. The van der Waals surface area contributed by atoms with Crippen LogP contribution in [0.4, 0.5) is 0 Å². The normalized spacial score (nSPS) is 10.4. The van der Waals surface area contributed by atoms with Gasteiger partial charge in [0.2, 0.25) is 5.78 Å².